The molecule has 0 unspecified atom stereocenters. The zero-order valence-electron chi connectivity index (χ0n) is 25.5. The Morgan fingerprint density at radius 1 is 0.872 bits per heavy atom. The minimum atomic E-state index is -2.51. The average molecular weight is 775 g/mol. The number of benzene rings is 2. The van der Waals surface area contributed by atoms with Gasteiger partial charge in [0.2, 0.25) is 5.72 Å². The Morgan fingerprint density at radius 2 is 1.45 bits per heavy atom. The van der Waals surface area contributed by atoms with Gasteiger partial charge >= 0.3 is 0 Å². The van der Waals surface area contributed by atoms with E-state index in [2.05, 4.69) is 57.1 Å². The predicted molar refractivity (Wildman–Crippen MR) is 188 cm³/mol. The van der Waals surface area contributed by atoms with Gasteiger partial charge in [0.15, 0.2) is 17.5 Å². The summed E-state index contributed by atoms with van der Waals surface area (Å²) in [5, 5.41) is 29.7. The van der Waals surface area contributed by atoms with Crippen LogP contribution in [-0.4, -0.2) is 80.7 Å². The second-order valence-corrected chi connectivity index (χ2v) is 13.3. The molecule has 5 rings (SSSR count). The van der Waals surface area contributed by atoms with E-state index in [-0.39, 0.29) is 37.1 Å². The Labute approximate surface area is 287 Å². The lowest BCUT2D eigenvalue weighted by atomic mass is 9.74. The molecule has 0 bridgehead atoms. The summed E-state index contributed by atoms with van der Waals surface area (Å²) >= 11 is 6.95. The lowest BCUT2D eigenvalue weighted by molar-refractivity contribution is -0.167. The number of aromatic nitrogens is 2. The molecule has 2 aromatic heterocycles. The molecule has 1 aliphatic rings. The monoisotopic (exact) mass is 772 g/mol. The number of likely N-dealkylation sites (tertiary alicyclic amines) is 1. The van der Waals surface area contributed by atoms with E-state index in [1.54, 1.807) is 24.5 Å². The van der Waals surface area contributed by atoms with E-state index < -0.39 is 29.1 Å². The molecule has 1 fully saturated rings. The molecule has 0 aliphatic carbocycles. The Hall–Kier alpha value is -4.12. The summed E-state index contributed by atoms with van der Waals surface area (Å²) in [7, 11) is 0. The number of aliphatic hydroxyl groups is 2. The fraction of sp³-hybridized carbons (Fsp3) is 0.355. The lowest BCUT2D eigenvalue weighted by Crippen LogP contribution is -2.59. The van der Waals surface area contributed by atoms with Crippen molar-refractivity contribution in [3.05, 3.63) is 68.9 Å². The van der Waals surface area contributed by atoms with Crippen molar-refractivity contribution in [1.29, 1.82) is 0 Å². The van der Waals surface area contributed by atoms with Gasteiger partial charge in [-0.05, 0) is 55.5 Å². The molecular weight excluding hydrogens is 736 g/mol. The summed E-state index contributed by atoms with van der Waals surface area (Å²) in [6.07, 6.45) is 5.04. The van der Waals surface area contributed by atoms with Gasteiger partial charge in [-0.25, -0.2) is 0 Å². The normalized spacial score (nSPS) is 21.0. The van der Waals surface area contributed by atoms with Gasteiger partial charge in [-0.1, -0.05) is 44.0 Å². The maximum atomic E-state index is 14.7. The van der Waals surface area contributed by atoms with Gasteiger partial charge < -0.3 is 53.3 Å². The van der Waals surface area contributed by atoms with E-state index in [0.717, 1.165) is 13.8 Å². The van der Waals surface area contributed by atoms with Gasteiger partial charge in [-0.15, -0.1) is 0 Å². The van der Waals surface area contributed by atoms with Crippen molar-refractivity contribution >= 4 is 77.4 Å². The third-order valence-electron chi connectivity index (χ3n) is 8.43. The second-order valence-electron chi connectivity index (χ2n) is 11.5. The Bertz CT molecular complexity index is 1850. The Kier molecular flexibility index (Phi) is 10.1. The maximum absolute atomic E-state index is 14.7. The summed E-state index contributed by atoms with van der Waals surface area (Å²) in [6, 6.07) is 10.9. The molecule has 3 atom stereocenters. The van der Waals surface area contributed by atoms with Crippen LogP contribution >= 0.6 is 31.9 Å². The Morgan fingerprint density at radius 3 is 2.09 bits per heavy atom. The molecule has 3 heterocycles. The van der Waals surface area contributed by atoms with Gasteiger partial charge in [-0.2, -0.15) is 0 Å². The second kappa shape index (κ2) is 13.9. The third kappa shape index (κ3) is 6.54. The highest BCUT2D eigenvalue weighted by atomic mass is 79.9. The number of fused-ring (bicyclic) bond motifs is 2. The van der Waals surface area contributed by atoms with Crippen LogP contribution in [0.5, 0.6) is 0 Å². The minimum absolute atomic E-state index is 0.0270. The van der Waals surface area contributed by atoms with E-state index in [0.29, 0.717) is 59.6 Å². The van der Waals surface area contributed by atoms with E-state index in [1.807, 2.05) is 24.3 Å². The zero-order chi connectivity index (χ0) is 33.9. The third-order valence-corrected chi connectivity index (χ3v) is 9.41. The summed E-state index contributed by atoms with van der Waals surface area (Å²) in [6.45, 7) is 0.759. The van der Waals surface area contributed by atoms with Crippen LogP contribution in [-0.2, 0) is 15.2 Å². The average Bonchev–Trinajstić information content (AvgIpc) is 3.67. The van der Waals surface area contributed by atoms with Crippen molar-refractivity contribution in [2.75, 3.05) is 26.2 Å². The number of nitrogens with zero attached hydrogens (tertiary/aromatic N) is 3. The highest BCUT2D eigenvalue weighted by Crippen LogP contribution is 2.55. The van der Waals surface area contributed by atoms with Crippen molar-refractivity contribution in [3.8, 4) is 0 Å². The first kappa shape index (κ1) is 34.2. The summed E-state index contributed by atoms with van der Waals surface area (Å²) in [5.41, 5.74) is 18.8. The molecule has 4 aromatic rings. The Balaban J connectivity index is 1.63. The number of aliphatic imine (C=N–C) groups is 2. The highest BCUT2D eigenvalue weighted by molar-refractivity contribution is 9.10. The molecule has 0 saturated carbocycles. The van der Waals surface area contributed by atoms with Crippen molar-refractivity contribution in [1.82, 2.24) is 20.2 Å². The van der Waals surface area contributed by atoms with Crippen molar-refractivity contribution in [2.24, 2.45) is 32.9 Å². The molecular formula is C31H38Br2N10O4. The van der Waals surface area contributed by atoms with Gasteiger partial charge in [0, 0.05) is 74.9 Å². The molecule has 0 spiro atoms. The van der Waals surface area contributed by atoms with Gasteiger partial charge in [0.1, 0.15) is 0 Å². The first-order chi connectivity index (χ1) is 22.4. The van der Waals surface area contributed by atoms with Crippen LogP contribution in [0, 0.1) is 0 Å². The number of guanidine groups is 2. The van der Waals surface area contributed by atoms with E-state index in [4.69, 9.17) is 22.9 Å². The largest absolute Gasteiger partial charge is 0.375 e. The summed E-state index contributed by atoms with van der Waals surface area (Å²) in [4.78, 5) is 44.3. The van der Waals surface area contributed by atoms with Gasteiger partial charge in [-0.3, -0.25) is 19.6 Å². The fourth-order valence-electron chi connectivity index (χ4n) is 6.31. The van der Waals surface area contributed by atoms with Crippen LogP contribution in [0.1, 0.15) is 42.7 Å². The van der Waals surface area contributed by atoms with Crippen molar-refractivity contribution in [2.45, 2.75) is 42.9 Å². The molecule has 13 N–H and O–H groups in total. The molecule has 1 aliphatic heterocycles. The van der Waals surface area contributed by atoms with Crippen LogP contribution in [0.25, 0.3) is 21.8 Å². The number of carbonyl (C=O) groups excluding carboxylic acids is 2. The van der Waals surface area contributed by atoms with Crippen molar-refractivity contribution < 1.29 is 19.8 Å². The van der Waals surface area contributed by atoms with E-state index >= 15 is 0 Å². The summed E-state index contributed by atoms with van der Waals surface area (Å²) in [5.74, 6) is -3.19. The molecule has 0 radical (unpaired) electrons. The van der Waals surface area contributed by atoms with E-state index in [1.165, 1.54) is 0 Å². The standard InChI is InChI=1S/C31H38Br2N10O4/c32-17-5-7-19-21(15-41-23(19)13-17)25-30(46,22-16-42-24-14-18(33)6-8-20(22)24)27(45)43(12-4-3-11-40-29(36)37)31(25,47)26(44)38-9-1-2-10-39-28(34)35/h5-8,13-16,25,41-42,46-47H,1-4,9-12H2,(H,38,44)(H4,34,35,39)(H4,36,37,40)/t25-,30+,31-/m0/s1. The SMILES string of the molecule is NC(N)=NCCCCNC(=O)[C@@]1(O)[C@@H](c2c[nH]c3cc(Br)ccc23)[C@](O)(c2c[nH]c3cc(Br)ccc23)C(=O)N1CCCCN=C(N)N. The number of hydrogen-bond acceptors (Lipinski definition) is 6. The maximum Gasteiger partial charge on any atom is 0.274 e. The molecule has 1 saturated heterocycles. The smallest absolute Gasteiger partial charge is 0.274 e. The first-order valence-corrected chi connectivity index (χ1v) is 16.7. The van der Waals surface area contributed by atoms with Crippen LogP contribution in [0.3, 0.4) is 0 Å². The number of nitrogens with two attached hydrogens (primary N) is 4. The lowest BCUT2D eigenvalue weighted by Gasteiger charge is -2.37. The zero-order valence-corrected chi connectivity index (χ0v) is 28.6. The van der Waals surface area contributed by atoms with Gasteiger partial charge in [0.25, 0.3) is 11.8 Å². The molecule has 2 aromatic carbocycles. The number of carbonyl (C=O) groups is 2. The van der Waals surface area contributed by atoms with E-state index in [9.17, 15) is 19.8 Å². The van der Waals surface area contributed by atoms with Gasteiger partial charge in [0.05, 0.1) is 5.92 Å². The number of H-pyrrole nitrogens is 2. The van der Waals surface area contributed by atoms with Crippen molar-refractivity contribution in [3.63, 3.8) is 0 Å². The number of unbranched alkanes of at least 4 members (excludes halogenated alkanes) is 2. The van der Waals surface area contributed by atoms with Crippen LogP contribution in [0.15, 0.2) is 67.7 Å². The molecule has 2 amide bonds. The molecule has 14 nitrogen and oxygen atoms in total. The molecule has 250 valence electrons. The number of aromatic amines is 2. The first-order valence-electron chi connectivity index (χ1n) is 15.1. The highest BCUT2D eigenvalue weighted by Gasteiger charge is 2.71. The quantitative estimate of drug-likeness (QED) is 0.0550. The van der Waals surface area contributed by atoms with Crippen LogP contribution < -0.4 is 28.3 Å². The minimum Gasteiger partial charge on any atom is -0.375 e. The number of amides is 2. The topological polar surface area (TPSA) is 250 Å². The molecule has 47 heavy (non-hydrogen) atoms. The number of halogens is 2. The number of hydrogen-bond donors (Lipinski definition) is 9. The summed E-state index contributed by atoms with van der Waals surface area (Å²) < 4.78 is 1.59. The fourth-order valence-corrected chi connectivity index (χ4v) is 7.03. The van der Waals surface area contributed by atoms with Crippen LogP contribution in [0.4, 0.5) is 0 Å². The number of nitrogens with one attached hydrogen (secondary N) is 3. The molecule has 16 heteroatoms. The van der Waals surface area contributed by atoms with Crippen LogP contribution in [0.2, 0.25) is 0 Å². The number of rotatable bonds is 13. The predicted octanol–water partition coefficient (Wildman–Crippen LogP) is 1.90.